The Hall–Kier alpha value is -1.37. The van der Waals surface area contributed by atoms with Crippen molar-refractivity contribution in [2.75, 3.05) is 14.1 Å². The topological polar surface area (TPSA) is 39.1 Å². The normalized spacial score (nSPS) is 24.3. The molecule has 0 saturated heterocycles. The summed E-state index contributed by atoms with van der Waals surface area (Å²) in [5.41, 5.74) is 1.26. The third-order valence-corrected chi connectivity index (χ3v) is 4.64. The Morgan fingerprint density at radius 2 is 1.90 bits per heavy atom. The summed E-state index contributed by atoms with van der Waals surface area (Å²) in [5, 5.41) is 12.5. The largest absolute Gasteiger partial charge is 0.317 e. The summed E-state index contributed by atoms with van der Waals surface area (Å²) >= 11 is 0. The fraction of sp³-hybridized carbons (Fsp3) is 0.588. The Morgan fingerprint density at radius 1 is 1.25 bits per heavy atom. The van der Waals surface area contributed by atoms with Crippen LogP contribution in [0.2, 0.25) is 0 Å². The van der Waals surface area contributed by atoms with Crippen LogP contribution in [0.1, 0.15) is 43.7 Å². The fourth-order valence-electron chi connectivity index (χ4n) is 3.28. The molecule has 1 atom stereocenters. The van der Waals surface area contributed by atoms with Crippen LogP contribution >= 0.6 is 0 Å². The first-order valence-corrected chi connectivity index (χ1v) is 7.57. The molecule has 1 unspecified atom stereocenters. The van der Waals surface area contributed by atoms with E-state index in [0.29, 0.717) is 18.5 Å². The molecule has 20 heavy (non-hydrogen) atoms. The van der Waals surface area contributed by atoms with Crippen molar-refractivity contribution >= 4 is 0 Å². The van der Waals surface area contributed by atoms with Crippen LogP contribution in [0.15, 0.2) is 30.3 Å². The second-order valence-corrected chi connectivity index (χ2v) is 5.75. The van der Waals surface area contributed by atoms with E-state index in [4.69, 9.17) is 5.26 Å². The van der Waals surface area contributed by atoms with Gasteiger partial charge >= 0.3 is 0 Å². The minimum atomic E-state index is 0.220. The number of nitrogens with zero attached hydrogens (tertiary/aromatic N) is 2. The second kappa shape index (κ2) is 7.42. The Kier molecular flexibility index (Phi) is 5.58. The highest BCUT2D eigenvalue weighted by molar-refractivity contribution is 5.20. The average molecular weight is 271 g/mol. The summed E-state index contributed by atoms with van der Waals surface area (Å²) in [7, 11) is 4.23. The summed E-state index contributed by atoms with van der Waals surface area (Å²) in [4.78, 5) is 2.42. The van der Waals surface area contributed by atoms with Gasteiger partial charge in [0.1, 0.15) is 0 Å². The van der Waals surface area contributed by atoms with E-state index in [1.165, 1.54) is 31.2 Å². The first-order valence-electron chi connectivity index (χ1n) is 7.57. The van der Waals surface area contributed by atoms with E-state index < -0.39 is 0 Å². The molecule has 3 nitrogen and oxygen atoms in total. The van der Waals surface area contributed by atoms with Crippen molar-refractivity contribution in [1.82, 2.24) is 10.2 Å². The molecule has 1 aromatic carbocycles. The summed E-state index contributed by atoms with van der Waals surface area (Å²) in [6, 6.07) is 14.3. The summed E-state index contributed by atoms with van der Waals surface area (Å²) in [5.74, 6) is 0. The van der Waals surface area contributed by atoms with E-state index in [0.717, 1.165) is 0 Å². The van der Waals surface area contributed by atoms with Gasteiger partial charge in [0, 0.05) is 18.1 Å². The van der Waals surface area contributed by atoms with Crippen LogP contribution in [0.25, 0.3) is 0 Å². The fourth-order valence-corrected chi connectivity index (χ4v) is 3.28. The average Bonchev–Trinajstić information content (AvgIpc) is 2.53. The van der Waals surface area contributed by atoms with Crippen molar-refractivity contribution in [2.24, 2.45) is 0 Å². The van der Waals surface area contributed by atoms with Crippen molar-refractivity contribution < 1.29 is 0 Å². The predicted octanol–water partition coefficient (Wildman–Crippen LogP) is 3.10. The zero-order chi connectivity index (χ0) is 14.4. The lowest BCUT2D eigenvalue weighted by atomic mass is 9.88. The van der Waals surface area contributed by atoms with Gasteiger partial charge in [-0.05, 0) is 45.3 Å². The maximum Gasteiger partial charge on any atom is 0.0641 e. The van der Waals surface area contributed by atoms with Crippen LogP contribution in [0.5, 0.6) is 0 Å². The number of benzene rings is 1. The highest BCUT2D eigenvalue weighted by atomic mass is 15.2. The first-order chi connectivity index (χ1) is 9.76. The van der Waals surface area contributed by atoms with Gasteiger partial charge in [0.05, 0.1) is 12.5 Å². The molecule has 0 heterocycles. The standard InChI is InChI=1S/C17H25N3/c1-19-15-8-10-16(11-9-15)20(2)17(12-13-18)14-6-4-3-5-7-14/h3-7,15-17,19H,8-12H2,1-2H3. The molecule has 0 radical (unpaired) electrons. The SMILES string of the molecule is CNC1CCC(N(C)C(CC#N)c2ccccc2)CC1. The van der Waals surface area contributed by atoms with Gasteiger partial charge in [-0.2, -0.15) is 5.26 Å². The molecule has 1 aliphatic carbocycles. The van der Waals surface area contributed by atoms with Gasteiger partial charge < -0.3 is 5.32 Å². The Bertz CT molecular complexity index is 429. The van der Waals surface area contributed by atoms with E-state index in [9.17, 15) is 0 Å². The molecule has 1 N–H and O–H groups in total. The Balaban J connectivity index is 2.05. The molecular formula is C17H25N3. The molecule has 0 amide bonds. The zero-order valence-corrected chi connectivity index (χ0v) is 12.5. The zero-order valence-electron chi connectivity index (χ0n) is 12.5. The number of hydrogen-bond acceptors (Lipinski definition) is 3. The Labute approximate surface area is 122 Å². The number of hydrogen-bond donors (Lipinski definition) is 1. The van der Waals surface area contributed by atoms with Crippen molar-refractivity contribution in [1.29, 1.82) is 5.26 Å². The van der Waals surface area contributed by atoms with E-state index in [2.05, 4.69) is 54.6 Å². The van der Waals surface area contributed by atoms with Crippen LogP contribution in [0.3, 0.4) is 0 Å². The lowest BCUT2D eigenvalue weighted by Crippen LogP contribution is -2.41. The van der Waals surface area contributed by atoms with Crippen molar-refractivity contribution in [3.63, 3.8) is 0 Å². The van der Waals surface area contributed by atoms with Crippen LogP contribution in [0.4, 0.5) is 0 Å². The molecule has 1 aromatic rings. The van der Waals surface area contributed by atoms with Crippen LogP contribution in [-0.2, 0) is 0 Å². The molecule has 0 spiro atoms. The quantitative estimate of drug-likeness (QED) is 0.894. The lowest BCUT2D eigenvalue weighted by molar-refractivity contribution is 0.129. The molecule has 0 bridgehead atoms. The number of nitriles is 1. The van der Waals surface area contributed by atoms with Gasteiger partial charge in [0.25, 0.3) is 0 Å². The van der Waals surface area contributed by atoms with Crippen LogP contribution in [0, 0.1) is 11.3 Å². The molecule has 0 aliphatic heterocycles. The van der Waals surface area contributed by atoms with E-state index in [1.54, 1.807) is 0 Å². The van der Waals surface area contributed by atoms with E-state index in [1.807, 2.05) is 6.07 Å². The van der Waals surface area contributed by atoms with Crippen molar-refractivity contribution in [2.45, 2.75) is 50.2 Å². The molecular weight excluding hydrogens is 246 g/mol. The van der Waals surface area contributed by atoms with Gasteiger partial charge in [-0.15, -0.1) is 0 Å². The maximum absolute atomic E-state index is 9.14. The van der Waals surface area contributed by atoms with E-state index in [-0.39, 0.29) is 6.04 Å². The van der Waals surface area contributed by atoms with Gasteiger partial charge in [0.2, 0.25) is 0 Å². The molecule has 0 aromatic heterocycles. The smallest absolute Gasteiger partial charge is 0.0641 e. The van der Waals surface area contributed by atoms with Crippen molar-refractivity contribution in [3.8, 4) is 6.07 Å². The third-order valence-electron chi connectivity index (χ3n) is 4.64. The van der Waals surface area contributed by atoms with Gasteiger partial charge in [-0.1, -0.05) is 30.3 Å². The minimum absolute atomic E-state index is 0.220. The Morgan fingerprint density at radius 3 is 2.45 bits per heavy atom. The molecule has 2 rings (SSSR count). The molecule has 108 valence electrons. The molecule has 1 saturated carbocycles. The van der Waals surface area contributed by atoms with Crippen LogP contribution in [-0.4, -0.2) is 31.1 Å². The molecule has 1 aliphatic rings. The second-order valence-electron chi connectivity index (χ2n) is 5.75. The third kappa shape index (κ3) is 3.59. The summed E-state index contributed by atoms with van der Waals surface area (Å²) < 4.78 is 0. The maximum atomic E-state index is 9.14. The highest BCUT2D eigenvalue weighted by Crippen LogP contribution is 2.30. The summed E-state index contributed by atoms with van der Waals surface area (Å²) in [6.45, 7) is 0. The van der Waals surface area contributed by atoms with Gasteiger partial charge in [-0.25, -0.2) is 0 Å². The van der Waals surface area contributed by atoms with E-state index >= 15 is 0 Å². The predicted molar refractivity (Wildman–Crippen MR) is 82.3 cm³/mol. The van der Waals surface area contributed by atoms with Crippen LogP contribution < -0.4 is 5.32 Å². The number of rotatable bonds is 5. The first kappa shape index (κ1) is 15.0. The van der Waals surface area contributed by atoms with Crippen molar-refractivity contribution in [3.05, 3.63) is 35.9 Å². The minimum Gasteiger partial charge on any atom is -0.317 e. The lowest BCUT2D eigenvalue weighted by Gasteiger charge is -2.38. The monoisotopic (exact) mass is 271 g/mol. The highest BCUT2D eigenvalue weighted by Gasteiger charge is 2.28. The molecule has 3 heteroatoms. The summed E-state index contributed by atoms with van der Waals surface area (Å²) in [6.07, 6.45) is 5.47. The number of nitrogens with one attached hydrogen (secondary N) is 1. The van der Waals surface area contributed by atoms with Gasteiger partial charge in [0.15, 0.2) is 0 Å². The van der Waals surface area contributed by atoms with Gasteiger partial charge in [-0.3, -0.25) is 4.90 Å². The molecule has 1 fully saturated rings.